The van der Waals surface area contributed by atoms with Crippen LogP contribution in [0.15, 0.2) is 36.5 Å². The normalized spacial score (nSPS) is 11.2. The molecule has 0 fully saturated rings. The van der Waals surface area contributed by atoms with Gasteiger partial charge in [0, 0.05) is 37.8 Å². The first-order valence-corrected chi connectivity index (χ1v) is 7.77. The largest absolute Gasteiger partial charge is 0.355 e. The Morgan fingerprint density at radius 3 is 2.71 bits per heavy atom. The second-order valence-corrected chi connectivity index (χ2v) is 5.19. The number of aryl methyl sites for hydroxylation is 1. The fourth-order valence-electron chi connectivity index (χ4n) is 2.54. The van der Waals surface area contributed by atoms with Gasteiger partial charge in [0.05, 0.1) is 0 Å². The van der Waals surface area contributed by atoms with E-state index < -0.39 is 0 Å². The molecular formula is C17H25N3O. The number of hydrogen-bond acceptors (Lipinski definition) is 2. The molecule has 0 atom stereocenters. The minimum absolute atomic E-state index is 0.125. The zero-order valence-corrected chi connectivity index (χ0v) is 13.0. The highest BCUT2D eigenvalue weighted by Crippen LogP contribution is 2.15. The number of benzene rings is 1. The summed E-state index contributed by atoms with van der Waals surface area (Å²) < 4.78 is 2.14. The molecule has 0 saturated carbocycles. The third-order valence-electron chi connectivity index (χ3n) is 3.90. The van der Waals surface area contributed by atoms with E-state index in [1.165, 1.54) is 10.9 Å². The van der Waals surface area contributed by atoms with Crippen LogP contribution in [0.3, 0.4) is 0 Å². The van der Waals surface area contributed by atoms with Crippen LogP contribution < -0.4 is 5.32 Å². The summed E-state index contributed by atoms with van der Waals surface area (Å²) in [7, 11) is 0. The Morgan fingerprint density at radius 1 is 1.19 bits per heavy atom. The van der Waals surface area contributed by atoms with Crippen molar-refractivity contribution in [1.29, 1.82) is 0 Å². The Morgan fingerprint density at radius 2 is 1.95 bits per heavy atom. The number of rotatable bonds is 8. The maximum Gasteiger partial charge on any atom is 0.221 e. The lowest BCUT2D eigenvalue weighted by Gasteiger charge is -2.18. The fourth-order valence-corrected chi connectivity index (χ4v) is 2.54. The van der Waals surface area contributed by atoms with Crippen molar-refractivity contribution < 1.29 is 4.79 Å². The summed E-state index contributed by atoms with van der Waals surface area (Å²) in [5.41, 5.74) is 1.19. The smallest absolute Gasteiger partial charge is 0.221 e. The highest BCUT2D eigenvalue weighted by molar-refractivity contribution is 5.80. The van der Waals surface area contributed by atoms with Gasteiger partial charge in [0.2, 0.25) is 5.91 Å². The van der Waals surface area contributed by atoms with Gasteiger partial charge in [-0.25, -0.2) is 0 Å². The van der Waals surface area contributed by atoms with E-state index in [1.807, 2.05) is 18.3 Å². The number of nitrogens with one attached hydrogen (secondary N) is 1. The Labute approximate surface area is 126 Å². The molecule has 2 aromatic rings. The van der Waals surface area contributed by atoms with Crippen LogP contribution in [-0.2, 0) is 11.3 Å². The molecule has 1 N–H and O–H groups in total. The topological polar surface area (TPSA) is 37.3 Å². The van der Waals surface area contributed by atoms with E-state index in [1.54, 1.807) is 0 Å². The molecule has 4 nitrogen and oxygen atoms in total. The summed E-state index contributed by atoms with van der Waals surface area (Å²) in [5.74, 6) is 0.125. The second-order valence-electron chi connectivity index (χ2n) is 5.19. The molecule has 0 aliphatic rings. The average molecular weight is 287 g/mol. The minimum atomic E-state index is 0.125. The third-order valence-corrected chi connectivity index (χ3v) is 3.90. The molecule has 114 valence electrons. The van der Waals surface area contributed by atoms with Crippen molar-refractivity contribution in [2.45, 2.75) is 26.8 Å². The molecule has 0 bridgehead atoms. The molecule has 0 aliphatic carbocycles. The summed E-state index contributed by atoms with van der Waals surface area (Å²) in [4.78, 5) is 14.2. The summed E-state index contributed by atoms with van der Waals surface area (Å²) in [6.45, 7) is 8.72. The summed E-state index contributed by atoms with van der Waals surface area (Å²) >= 11 is 0. The SMILES string of the molecule is CCN(CC)CCNC(=O)CCn1ccc2ccccc21. The maximum atomic E-state index is 11.9. The van der Waals surface area contributed by atoms with Gasteiger partial charge in [0.25, 0.3) is 0 Å². The molecule has 2 rings (SSSR count). The van der Waals surface area contributed by atoms with Crippen molar-refractivity contribution in [3.8, 4) is 0 Å². The van der Waals surface area contributed by atoms with Crippen LogP contribution in [-0.4, -0.2) is 41.6 Å². The number of para-hydroxylation sites is 1. The number of aromatic nitrogens is 1. The lowest BCUT2D eigenvalue weighted by Crippen LogP contribution is -2.35. The molecule has 21 heavy (non-hydrogen) atoms. The van der Waals surface area contributed by atoms with E-state index in [-0.39, 0.29) is 5.91 Å². The van der Waals surface area contributed by atoms with Gasteiger partial charge in [0.1, 0.15) is 0 Å². The lowest BCUT2D eigenvalue weighted by atomic mass is 10.2. The molecule has 0 radical (unpaired) electrons. The van der Waals surface area contributed by atoms with Gasteiger partial charge in [-0.05, 0) is 30.6 Å². The first-order chi connectivity index (χ1) is 10.2. The van der Waals surface area contributed by atoms with Crippen LogP contribution in [0.25, 0.3) is 10.9 Å². The molecular weight excluding hydrogens is 262 g/mol. The zero-order valence-electron chi connectivity index (χ0n) is 13.0. The molecule has 0 saturated heterocycles. The van der Waals surface area contributed by atoms with Crippen molar-refractivity contribution in [2.75, 3.05) is 26.2 Å². The molecule has 1 heterocycles. The van der Waals surface area contributed by atoms with Gasteiger partial charge in [-0.2, -0.15) is 0 Å². The predicted octanol–water partition coefficient (Wildman–Crippen LogP) is 2.49. The van der Waals surface area contributed by atoms with Crippen LogP contribution in [0.5, 0.6) is 0 Å². The van der Waals surface area contributed by atoms with Crippen LogP contribution in [0.1, 0.15) is 20.3 Å². The van der Waals surface area contributed by atoms with Crippen molar-refractivity contribution in [1.82, 2.24) is 14.8 Å². The van der Waals surface area contributed by atoms with Gasteiger partial charge < -0.3 is 14.8 Å². The number of carbonyl (C=O) groups is 1. The number of fused-ring (bicyclic) bond motifs is 1. The highest BCUT2D eigenvalue weighted by Gasteiger charge is 2.05. The maximum absolute atomic E-state index is 11.9. The van der Waals surface area contributed by atoms with E-state index in [0.717, 1.165) is 32.7 Å². The molecule has 0 unspecified atom stereocenters. The number of nitrogens with zero attached hydrogens (tertiary/aromatic N) is 2. The summed E-state index contributed by atoms with van der Waals surface area (Å²) in [5, 5.41) is 4.22. The van der Waals surface area contributed by atoms with Crippen molar-refractivity contribution in [3.05, 3.63) is 36.5 Å². The Kier molecular flexibility index (Phi) is 5.81. The minimum Gasteiger partial charge on any atom is -0.355 e. The molecule has 1 amide bonds. The number of hydrogen-bond donors (Lipinski definition) is 1. The molecule has 0 aliphatic heterocycles. The van der Waals surface area contributed by atoms with E-state index in [2.05, 4.69) is 46.8 Å². The van der Waals surface area contributed by atoms with Gasteiger partial charge in [-0.3, -0.25) is 4.79 Å². The fraction of sp³-hybridized carbons (Fsp3) is 0.471. The van der Waals surface area contributed by atoms with E-state index >= 15 is 0 Å². The monoisotopic (exact) mass is 287 g/mol. The molecule has 1 aromatic carbocycles. The van der Waals surface area contributed by atoms with Gasteiger partial charge in [0.15, 0.2) is 0 Å². The van der Waals surface area contributed by atoms with Crippen LogP contribution in [0, 0.1) is 0 Å². The highest BCUT2D eigenvalue weighted by atomic mass is 16.1. The van der Waals surface area contributed by atoms with Crippen LogP contribution >= 0.6 is 0 Å². The standard InChI is InChI=1S/C17H25N3O/c1-3-19(4-2)14-11-18-17(21)10-13-20-12-9-15-7-5-6-8-16(15)20/h5-9,12H,3-4,10-11,13-14H2,1-2H3,(H,18,21). The van der Waals surface area contributed by atoms with Gasteiger partial charge in [-0.15, -0.1) is 0 Å². The first kappa shape index (κ1) is 15.6. The van der Waals surface area contributed by atoms with Crippen LogP contribution in [0.2, 0.25) is 0 Å². The Bertz CT molecular complexity index is 572. The third kappa shape index (κ3) is 4.33. The van der Waals surface area contributed by atoms with Gasteiger partial charge >= 0.3 is 0 Å². The average Bonchev–Trinajstić information content (AvgIpc) is 2.93. The van der Waals surface area contributed by atoms with E-state index in [9.17, 15) is 4.79 Å². The van der Waals surface area contributed by atoms with E-state index in [0.29, 0.717) is 6.42 Å². The predicted molar refractivity (Wildman–Crippen MR) is 87.4 cm³/mol. The quantitative estimate of drug-likeness (QED) is 0.810. The van der Waals surface area contributed by atoms with Crippen LogP contribution in [0.4, 0.5) is 0 Å². The Hall–Kier alpha value is -1.81. The van der Waals surface area contributed by atoms with E-state index in [4.69, 9.17) is 0 Å². The number of likely N-dealkylation sites (N-methyl/N-ethyl adjacent to an activating group) is 1. The molecule has 1 aromatic heterocycles. The number of carbonyl (C=O) groups excluding carboxylic acids is 1. The first-order valence-electron chi connectivity index (χ1n) is 7.77. The van der Waals surface area contributed by atoms with Crippen molar-refractivity contribution >= 4 is 16.8 Å². The van der Waals surface area contributed by atoms with Crippen molar-refractivity contribution in [2.24, 2.45) is 0 Å². The second kappa shape index (κ2) is 7.84. The molecule has 0 spiro atoms. The van der Waals surface area contributed by atoms with Gasteiger partial charge in [-0.1, -0.05) is 32.0 Å². The number of amides is 1. The zero-order chi connectivity index (χ0) is 15.1. The van der Waals surface area contributed by atoms with Crippen molar-refractivity contribution in [3.63, 3.8) is 0 Å². The summed E-state index contributed by atoms with van der Waals surface area (Å²) in [6, 6.07) is 10.3. The Balaban J connectivity index is 1.76. The molecule has 4 heteroatoms. The lowest BCUT2D eigenvalue weighted by molar-refractivity contribution is -0.121. The summed E-state index contributed by atoms with van der Waals surface area (Å²) in [6.07, 6.45) is 2.57.